The van der Waals surface area contributed by atoms with Gasteiger partial charge in [0.1, 0.15) is 0 Å². The van der Waals surface area contributed by atoms with Gasteiger partial charge >= 0.3 is 25.9 Å². The lowest BCUT2D eigenvalue weighted by Crippen LogP contribution is -2.02. The van der Waals surface area contributed by atoms with Gasteiger partial charge in [-0.3, -0.25) is 0 Å². The fraction of sp³-hybridized carbons (Fsp3) is 0. The van der Waals surface area contributed by atoms with Gasteiger partial charge in [-0.2, -0.15) is 0 Å². The number of hydrogen-bond acceptors (Lipinski definition) is 3. The fourth-order valence-corrected chi connectivity index (χ4v) is 1.39. The summed E-state index contributed by atoms with van der Waals surface area (Å²) in [6.07, 6.45) is 0. The van der Waals surface area contributed by atoms with Crippen LogP contribution in [0.1, 0.15) is 0 Å². The monoisotopic (exact) mass is 397 g/mol. The van der Waals surface area contributed by atoms with E-state index in [1.807, 2.05) is 0 Å². The lowest BCUT2D eigenvalue weighted by atomic mass is 10.2. The molecule has 0 aromatic heterocycles. The fourth-order valence-electron chi connectivity index (χ4n) is 1.39. The molecule has 0 saturated carbocycles. The molecule has 0 spiro atoms. The molecule has 0 unspecified atom stereocenters. The Hall–Kier alpha value is -3.35. The molecule has 2 aromatic carbocycles. The molecule has 0 aliphatic rings. The Labute approximate surface area is 147 Å². The summed E-state index contributed by atoms with van der Waals surface area (Å²) in [6, 6.07) is 14.0. The molecule has 27 heavy (non-hydrogen) atoms. The van der Waals surface area contributed by atoms with Crippen LogP contribution in [0.25, 0.3) is 9.95 Å². The Balaban J connectivity index is 0.000000563. The molecule has 0 heterocycles. The summed E-state index contributed by atoms with van der Waals surface area (Å²) in [5, 5.41) is 20.3. The van der Waals surface area contributed by atoms with E-state index in [9.17, 15) is 34.5 Å². The topological polar surface area (TPSA) is 68.3 Å². The lowest BCUT2D eigenvalue weighted by molar-refractivity contribution is 0.366. The SMILES string of the molecule is F[B-](F)(F)F.F[B-](F)(F)F.N#[N+]c1ccc(Nc2ccc([N+]#N)cc2)cc1. The van der Waals surface area contributed by atoms with Crippen LogP contribution in [0.2, 0.25) is 0 Å². The molecule has 2 rings (SSSR count). The number of benzene rings is 2. The van der Waals surface area contributed by atoms with Crippen molar-refractivity contribution < 1.29 is 34.5 Å². The standard InChI is InChI=1S/C12H9N5.2BF4/c13-16-11-5-1-9(2-6-11)15-10-3-7-12(17-14)8-4-10;2*2-1(3,4)5/h1-8,15H;;/q+2;2*-1. The minimum absolute atomic E-state index is 0.505. The van der Waals surface area contributed by atoms with E-state index in [1.165, 1.54) is 0 Å². The van der Waals surface area contributed by atoms with Crippen molar-refractivity contribution in [3.05, 3.63) is 58.5 Å². The van der Waals surface area contributed by atoms with Crippen molar-refractivity contribution in [2.75, 3.05) is 5.32 Å². The maximum atomic E-state index is 9.75. The van der Waals surface area contributed by atoms with Crippen LogP contribution in [0.5, 0.6) is 0 Å². The van der Waals surface area contributed by atoms with Crippen LogP contribution in [0.4, 0.5) is 57.3 Å². The van der Waals surface area contributed by atoms with Crippen LogP contribution in [-0.4, -0.2) is 14.5 Å². The van der Waals surface area contributed by atoms with Crippen LogP contribution >= 0.6 is 0 Å². The zero-order valence-corrected chi connectivity index (χ0v) is 13.1. The number of halogens is 8. The molecular formula is C12H9B2F8N5. The summed E-state index contributed by atoms with van der Waals surface area (Å²) in [4.78, 5) is 6.15. The Bertz CT molecular complexity index is 699. The highest BCUT2D eigenvalue weighted by molar-refractivity contribution is 6.50. The predicted molar refractivity (Wildman–Crippen MR) is 86.0 cm³/mol. The van der Waals surface area contributed by atoms with Gasteiger partial charge in [-0.15, -0.1) is 0 Å². The van der Waals surface area contributed by atoms with Gasteiger partial charge in [0.25, 0.3) is 0 Å². The van der Waals surface area contributed by atoms with E-state index in [2.05, 4.69) is 15.3 Å². The second-order valence-corrected chi connectivity index (χ2v) is 4.41. The number of diazo groups is 2. The Morgan fingerprint density at radius 1 is 0.556 bits per heavy atom. The molecular weight excluding hydrogens is 388 g/mol. The summed E-state index contributed by atoms with van der Waals surface area (Å²) in [7, 11) is -12.0. The van der Waals surface area contributed by atoms with Crippen LogP contribution < -0.4 is 5.32 Å². The lowest BCUT2D eigenvalue weighted by Gasteiger charge is -2.03. The van der Waals surface area contributed by atoms with Gasteiger partial charge in [-0.05, 0) is 24.3 Å². The van der Waals surface area contributed by atoms with Crippen LogP contribution in [-0.2, 0) is 0 Å². The van der Waals surface area contributed by atoms with Crippen molar-refractivity contribution in [1.29, 1.82) is 10.8 Å². The molecule has 0 bridgehead atoms. The number of hydrogen-bond donors (Lipinski definition) is 1. The van der Waals surface area contributed by atoms with E-state index in [4.69, 9.17) is 10.8 Å². The summed E-state index contributed by atoms with van der Waals surface area (Å²) < 4.78 is 78.0. The second kappa shape index (κ2) is 10.6. The second-order valence-electron chi connectivity index (χ2n) is 4.41. The first-order valence-electron chi connectivity index (χ1n) is 6.74. The molecule has 15 heteroatoms. The number of anilines is 2. The Morgan fingerprint density at radius 2 is 0.778 bits per heavy atom. The Kier molecular flexibility index (Phi) is 9.28. The van der Waals surface area contributed by atoms with E-state index in [1.54, 1.807) is 48.5 Å². The third-order valence-electron chi connectivity index (χ3n) is 2.25. The third-order valence-corrected chi connectivity index (χ3v) is 2.25. The average Bonchev–Trinajstić information content (AvgIpc) is 2.53. The van der Waals surface area contributed by atoms with Gasteiger partial charge in [0, 0.05) is 35.6 Å². The largest absolute Gasteiger partial charge is 0.673 e. The first-order valence-corrected chi connectivity index (χ1v) is 6.74. The quantitative estimate of drug-likeness (QED) is 0.337. The highest BCUT2D eigenvalue weighted by atomic mass is 19.5. The van der Waals surface area contributed by atoms with Crippen molar-refractivity contribution in [3.8, 4) is 0 Å². The minimum atomic E-state index is -6.00. The van der Waals surface area contributed by atoms with Crippen molar-refractivity contribution in [2.45, 2.75) is 0 Å². The first-order chi connectivity index (χ1) is 12.3. The predicted octanol–water partition coefficient (Wildman–Crippen LogP) is 7.00. The molecule has 2 aromatic rings. The molecule has 0 aliphatic carbocycles. The zero-order chi connectivity index (χ0) is 21.1. The Morgan fingerprint density at radius 3 is 0.963 bits per heavy atom. The summed E-state index contributed by atoms with van der Waals surface area (Å²) in [6.45, 7) is 0. The van der Waals surface area contributed by atoms with Crippen LogP contribution in [0.3, 0.4) is 0 Å². The first kappa shape index (κ1) is 23.6. The average molecular weight is 397 g/mol. The van der Waals surface area contributed by atoms with Crippen molar-refractivity contribution >= 4 is 37.3 Å². The third kappa shape index (κ3) is 15.9. The summed E-state index contributed by atoms with van der Waals surface area (Å²) in [5.74, 6) is 0. The van der Waals surface area contributed by atoms with Crippen molar-refractivity contribution in [3.63, 3.8) is 0 Å². The van der Waals surface area contributed by atoms with Gasteiger partial charge in [0.15, 0.2) is 9.95 Å². The van der Waals surface area contributed by atoms with E-state index in [0.717, 1.165) is 11.4 Å². The number of rotatable bonds is 2. The van der Waals surface area contributed by atoms with Gasteiger partial charge in [0.05, 0.1) is 0 Å². The van der Waals surface area contributed by atoms with Gasteiger partial charge in [-0.25, -0.2) is 0 Å². The minimum Gasteiger partial charge on any atom is -0.418 e. The van der Waals surface area contributed by atoms with E-state index < -0.39 is 14.5 Å². The number of nitrogens with one attached hydrogen (secondary N) is 1. The van der Waals surface area contributed by atoms with Crippen LogP contribution in [0, 0.1) is 10.8 Å². The van der Waals surface area contributed by atoms with Crippen LogP contribution in [0.15, 0.2) is 48.5 Å². The molecule has 0 saturated heterocycles. The highest BCUT2D eigenvalue weighted by Gasteiger charge is 2.21. The van der Waals surface area contributed by atoms with Gasteiger partial charge in [-0.1, -0.05) is 0 Å². The molecule has 0 radical (unpaired) electrons. The molecule has 0 atom stereocenters. The van der Waals surface area contributed by atoms with Gasteiger partial charge < -0.3 is 39.8 Å². The molecule has 0 amide bonds. The zero-order valence-electron chi connectivity index (χ0n) is 13.1. The van der Waals surface area contributed by atoms with E-state index in [-0.39, 0.29) is 0 Å². The maximum absolute atomic E-state index is 9.75. The van der Waals surface area contributed by atoms with E-state index in [0.29, 0.717) is 11.4 Å². The van der Waals surface area contributed by atoms with Crippen molar-refractivity contribution in [1.82, 2.24) is 0 Å². The number of nitrogens with zero attached hydrogens (tertiary/aromatic N) is 4. The molecule has 1 N–H and O–H groups in total. The van der Waals surface area contributed by atoms with E-state index >= 15 is 0 Å². The summed E-state index contributed by atoms with van der Waals surface area (Å²) in [5.41, 5.74) is 2.77. The molecule has 144 valence electrons. The maximum Gasteiger partial charge on any atom is 0.673 e. The molecule has 5 nitrogen and oxygen atoms in total. The smallest absolute Gasteiger partial charge is 0.418 e. The summed E-state index contributed by atoms with van der Waals surface area (Å²) >= 11 is 0. The highest BCUT2D eigenvalue weighted by Crippen LogP contribution is 2.22. The van der Waals surface area contributed by atoms with Crippen molar-refractivity contribution in [2.24, 2.45) is 0 Å². The molecule has 0 fully saturated rings. The molecule has 0 aliphatic heterocycles. The van der Waals surface area contributed by atoms with Gasteiger partial charge in [0.2, 0.25) is 10.8 Å². The normalized spacial score (nSPS) is 10.1.